The van der Waals surface area contributed by atoms with Crippen molar-refractivity contribution in [1.29, 1.82) is 0 Å². The molecule has 1 unspecified atom stereocenters. The fourth-order valence-corrected chi connectivity index (χ4v) is 2.26. The molecule has 0 bridgehead atoms. The van der Waals surface area contributed by atoms with E-state index in [-0.39, 0.29) is 0 Å². The first kappa shape index (κ1) is 14.4. The van der Waals surface area contributed by atoms with Crippen LogP contribution in [0.4, 0.5) is 5.69 Å². The number of hydrogen-bond donors (Lipinski definition) is 2. The first-order valence-electron chi connectivity index (χ1n) is 6.72. The fraction of sp³-hybridized carbons (Fsp3) is 0.294. The molecule has 106 valence electrons. The molecule has 0 saturated heterocycles. The van der Waals surface area contributed by atoms with Crippen LogP contribution in [0, 0.1) is 13.8 Å². The van der Waals surface area contributed by atoms with E-state index in [2.05, 4.69) is 37.4 Å². The molecule has 2 N–H and O–H groups in total. The number of ether oxygens (including phenoxy) is 1. The summed E-state index contributed by atoms with van der Waals surface area (Å²) in [6.07, 6.45) is -0.564. The predicted molar refractivity (Wildman–Crippen MR) is 82.4 cm³/mol. The zero-order valence-electron chi connectivity index (χ0n) is 12.2. The van der Waals surface area contributed by atoms with Crippen LogP contribution in [0.5, 0.6) is 5.75 Å². The first-order valence-corrected chi connectivity index (χ1v) is 6.72. The maximum absolute atomic E-state index is 10.2. The highest BCUT2D eigenvalue weighted by atomic mass is 16.5. The number of benzene rings is 2. The Kier molecular flexibility index (Phi) is 4.64. The second kappa shape index (κ2) is 6.44. The van der Waals surface area contributed by atoms with Gasteiger partial charge in [0.15, 0.2) is 0 Å². The monoisotopic (exact) mass is 271 g/mol. The minimum absolute atomic E-state index is 0.468. The van der Waals surface area contributed by atoms with Gasteiger partial charge in [0.2, 0.25) is 0 Å². The average Bonchev–Trinajstić information content (AvgIpc) is 2.44. The van der Waals surface area contributed by atoms with Gasteiger partial charge in [-0.25, -0.2) is 0 Å². The van der Waals surface area contributed by atoms with Crippen molar-refractivity contribution in [1.82, 2.24) is 0 Å². The van der Waals surface area contributed by atoms with E-state index in [9.17, 15) is 5.11 Å². The van der Waals surface area contributed by atoms with Crippen molar-refractivity contribution < 1.29 is 9.84 Å². The van der Waals surface area contributed by atoms with Gasteiger partial charge in [-0.2, -0.15) is 0 Å². The summed E-state index contributed by atoms with van der Waals surface area (Å²) < 4.78 is 5.17. The van der Waals surface area contributed by atoms with Crippen molar-refractivity contribution in [2.45, 2.75) is 20.0 Å². The third kappa shape index (κ3) is 3.75. The van der Waals surface area contributed by atoms with Crippen molar-refractivity contribution in [3.63, 3.8) is 0 Å². The summed E-state index contributed by atoms with van der Waals surface area (Å²) in [7, 11) is 1.62. The molecule has 0 amide bonds. The number of rotatable bonds is 5. The summed E-state index contributed by atoms with van der Waals surface area (Å²) in [4.78, 5) is 0. The number of aliphatic hydroxyl groups excluding tert-OH is 1. The van der Waals surface area contributed by atoms with Crippen LogP contribution >= 0.6 is 0 Å². The number of methoxy groups -OCH3 is 1. The molecule has 1 atom stereocenters. The van der Waals surface area contributed by atoms with Crippen LogP contribution in [-0.4, -0.2) is 18.8 Å². The Morgan fingerprint density at radius 2 is 1.80 bits per heavy atom. The van der Waals surface area contributed by atoms with Crippen molar-refractivity contribution >= 4 is 5.69 Å². The van der Waals surface area contributed by atoms with Crippen LogP contribution in [0.3, 0.4) is 0 Å². The second-order valence-electron chi connectivity index (χ2n) is 5.05. The Hall–Kier alpha value is -2.00. The topological polar surface area (TPSA) is 41.5 Å². The number of anilines is 1. The van der Waals surface area contributed by atoms with Gasteiger partial charge in [-0.15, -0.1) is 0 Å². The largest absolute Gasteiger partial charge is 0.497 e. The number of hydrogen-bond acceptors (Lipinski definition) is 3. The van der Waals surface area contributed by atoms with Gasteiger partial charge in [0.25, 0.3) is 0 Å². The number of aryl methyl sites for hydroxylation is 2. The zero-order chi connectivity index (χ0) is 14.5. The Balaban J connectivity index is 2.02. The lowest BCUT2D eigenvalue weighted by Gasteiger charge is -2.15. The third-order valence-electron chi connectivity index (χ3n) is 3.20. The maximum Gasteiger partial charge on any atom is 0.119 e. The van der Waals surface area contributed by atoms with Crippen molar-refractivity contribution in [3.8, 4) is 5.75 Å². The van der Waals surface area contributed by atoms with E-state index in [0.29, 0.717) is 6.54 Å². The van der Waals surface area contributed by atoms with Crippen LogP contribution < -0.4 is 10.1 Å². The van der Waals surface area contributed by atoms with Crippen LogP contribution in [0.2, 0.25) is 0 Å². The highest BCUT2D eigenvalue weighted by Gasteiger charge is 2.08. The molecule has 3 nitrogen and oxygen atoms in total. The summed E-state index contributed by atoms with van der Waals surface area (Å²) in [6, 6.07) is 13.8. The van der Waals surface area contributed by atoms with Crippen molar-refractivity contribution in [2.75, 3.05) is 19.0 Å². The van der Waals surface area contributed by atoms with E-state index in [1.807, 2.05) is 24.3 Å². The molecule has 2 aromatic carbocycles. The summed E-state index contributed by atoms with van der Waals surface area (Å²) in [5, 5.41) is 13.5. The lowest BCUT2D eigenvalue weighted by molar-refractivity contribution is 0.191. The summed E-state index contributed by atoms with van der Waals surface area (Å²) in [6.45, 7) is 4.60. The smallest absolute Gasteiger partial charge is 0.119 e. The Labute approximate surface area is 120 Å². The predicted octanol–water partition coefficient (Wildman–Crippen LogP) is 3.46. The molecule has 0 aliphatic heterocycles. The van der Waals surface area contributed by atoms with Gasteiger partial charge in [-0.1, -0.05) is 18.2 Å². The molecule has 0 heterocycles. The molecule has 2 rings (SSSR count). The molecule has 2 aromatic rings. The van der Waals surface area contributed by atoms with Gasteiger partial charge < -0.3 is 15.2 Å². The Bertz CT molecular complexity index is 561. The first-order chi connectivity index (χ1) is 9.58. The van der Waals surface area contributed by atoms with Crippen molar-refractivity contribution in [3.05, 3.63) is 59.2 Å². The molecule has 0 saturated carbocycles. The quantitative estimate of drug-likeness (QED) is 0.875. The highest BCUT2D eigenvalue weighted by molar-refractivity contribution is 5.48. The normalized spacial score (nSPS) is 12.0. The highest BCUT2D eigenvalue weighted by Crippen LogP contribution is 2.20. The minimum Gasteiger partial charge on any atom is -0.497 e. The molecule has 0 spiro atoms. The number of aliphatic hydroxyl groups is 1. The van der Waals surface area contributed by atoms with Crippen LogP contribution in [0.1, 0.15) is 22.8 Å². The molecule has 0 aliphatic rings. The van der Waals surface area contributed by atoms with Gasteiger partial charge in [0, 0.05) is 12.2 Å². The Morgan fingerprint density at radius 1 is 1.10 bits per heavy atom. The zero-order valence-corrected chi connectivity index (χ0v) is 12.2. The fourth-order valence-electron chi connectivity index (χ4n) is 2.26. The minimum atomic E-state index is -0.564. The lowest BCUT2D eigenvalue weighted by atomic mass is 10.1. The maximum atomic E-state index is 10.2. The number of nitrogens with one attached hydrogen (secondary N) is 1. The van der Waals surface area contributed by atoms with Gasteiger partial charge >= 0.3 is 0 Å². The molecular weight excluding hydrogens is 250 g/mol. The van der Waals surface area contributed by atoms with Gasteiger partial charge in [-0.3, -0.25) is 0 Å². The molecule has 0 radical (unpaired) electrons. The van der Waals surface area contributed by atoms with Gasteiger partial charge in [0.05, 0.1) is 13.2 Å². The van der Waals surface area contributed by atoms with Gasteiger partial charge in [-0.05, 0) is 54.8 Å². The van der Waals surface area contributed by atoms with E-state index in [0.717, 1.165) is 17.0 Å². The summed E-state index contributed by atoms with van der Waals surface area (Å²) in [5.41, 5.74) is 4.30. The molecule has 0 fully saturated rings. The second-order valence-corrected chi connectivity index (χ2v) is 5.05. The van der Waals surface area contributed by atoms with Crippen LogP contribution in [-0.2, 0) is 0 Å². The lowest BCUT2D eigenvalue weighted by Crippen LogP contribution is -2.12. The van der Waals surface area contributed by atoms with Gasteiger partial charge in [0.1, 0.15) is 5.75 Å². The van der Waals surface area contributed by atoms with E-state index in [4.69, 9.17) is 4.74 Å². The van der Waals surface area contributed by atoms with E-state index in [1.165, 1.54) is 11.1 Å². The van der Waals surface area contributed by atoms with Crippen LogP contribution in [0.25, 0.3) is 0 Å². The SMILES string of the molecule is COc1cccc(C(O)CNc2cc(C)cc(C)c2)c1. The molecule has 20 heavy (non-hydrogen) atoms. The molecule has 3 heteroatoms. The summed E-state index contributed by atoms with van der Waals surface area (Å²) >= 11 is 0. The average molecular weight is 271 g/mol. The van der Waals surface area contributed by atoms with Crippen LogP contribution in [0.15, 0.2) is 42.5 Å². The van der Waals surface area contributed by atoms with E-state index < -0.39 is 6.10 Å². The Morgan fingerprint density at radius 3 is 2.45 bits per heavy atom. The standard InChI is InChI=1S/C17H21NO2/c1-12-7-13(2)9-15(8-12)18-11-17(19)14-5-4-6-16(10-14)20-3/h4-10,17-19H,11H2,1-3H3. The third-order valence-corrected chi connectivity index (χ3v) is 3.20. The molecule has 0 aliphatic carbocycles. The van der Waals surface area contributed by atoms with Crippen molar-refractivity contribution in [2.24, 2.45) is 0 Å². The molecular formula is C17H21NO2. The molecule has 0 aromatic heterocycles. The van der Waals surface area contributed by atoms with E-state index in [1.54, 1.807) is 7.11 Å². The summed E-state index contributed by atoms with van der Waals surface area (Å²) in [5.74, 6) is 0.757. The van der Waals surface area contributed by atoms with E-state index >= 15 is 0 Å².